The molecule has 1 heterocycles. The number of anilines is 1. The number of nitrogens with one attached hydrogen (secondary N) is 3. The molecular weight excluding hydrogens is 346 g/mol. The van der Waals surface area contributed by atoms with Crippen LogP contribution in [0.25, 0.3) is 0 Å². The van der Waals surface area contributed by atoms with Crippen LogP contribution in [0.5, 0.6) is 0 Å². The van der Waals surface area contributed by atoms with E-state index in [-0.39, 0.29) is 17.6 Å². The highest BCUT2D eigenvalue weighted by molar-refractivity contribution is 7.80. The molecule has 8 heteroatoms. The zero-order valence-corrected chi connectivity index (χ0v) is 15.6. The SMILES string of the molecule is Cc1cc(C)c(NC(=S)NNC(=O)Cn2nc(C)cc2C)c(Cl)c1. The lowest BCUT2D eigenvalue weighted by Gasteiger charge is -2.15. The number of hydrogen-bond acceptors (Lipinski definition) is 3. The van der Waals surface area contributed by atoms with Crippen LogP contribution in [0.15, 0.2) is 18.2 Å². The number of nitrogens with zero attached hydrogens (tertiary/aromatic N) is 2. The Kier molecular flexibility index (Phi) is 5.80. The van der Waals surface area contributed by atoms with Crippen molar-refractivity contribution >= 4 is 40.5 Å². The van der Waals surface area contributed by atoms with Gasteiger partial charge in [-0.05, 0) is 63.2 Å². The summed E-state index contributed by atoms with van der Waals surface area (Å²) in [6.07, 6.45) is 0. The summed E-state index contributed by atoms with van der Waals surface area (Å²) in [6, 6.07) is 5.76. The fourth-order valence-corrected chi connectivity index (χ4v) is 2.88. The van der Waals surface area contributed by atoms with Gasteiger partial charge >= 0.3 is 0 Å². The fraction of sp³-hybridized carbons (Fsp3) is 0.312. The Balaban J connectivity index is 1.89. The van der Waals surface area contributed by atoms with Gasteiger partial charge in [-0.25, -0.2) is 0 Å². The first-order valence-corrected chi connectivity index (χ1v) is 8.18. The van der Waals surface area contributed by atoms with Gasteiger partial charge in [-0.15, -0.1) is 0 Å². The third kappa shape index (κ3) is 4.69. The molecule has 0 unspecified atom stereocenters. The predicted molar refractivity (Wildman–Crippen MR) is 100 cm³/mol. The minimum absolute atomic E-state index is 0.111. The van der Waals surface area contributed by atoms with E-state index >= 15 is 0 Å². The van der Waals surface area contributed by atoms with E-state index in [0.717, 1.165) is 22.5 Å². The Morgan fingerprint density at radius 2 is 1.92 bits per heavy atom. The lowest BCUT2D eigenvalue weighted by Crippen LogP contribution is -2.45. The lowest BCUT2D eigenvalue weighted by molar-refractivity contribution is -0.122. The maximum Gasteiger partial charge on any atom is 0.260 e. The van der Waals surface area contributed by atoms with Crippen molar-refractivity contribution in [1.29, 1.82) is 0 Å². The van der Waals surface area contributed by atoms with E-state index in [4.69, 9.17) is 23.8 Å². The van der Waals surface area contributed by atoms with Crippen molar-refractivity contribution in [3.05, 3.63) is 45.7 Å². The average molecular weight is 366 g/mol. The summed E-state index contributed by atoms with van der Waals surface area (Å²) in [5, 5.41) is 8.06. The van der Waals surface area contributed by atoms with Gasteiger partial charge in [-0.2, -0.15) is 5.10 Å². The summed E-state index contributed by atoms with van der Waals surface area (Å²) in [5.41, 5.74) is 9.76. The molecule has 0 aliphatic heterocycles. The number of thiocarbonyl (C=S) groups is 1. The molecule has 1 amide bonds. The monoisotopic (exact) mass is 365 g/mol. The van der Waals surface area contributed by atoms with Crippen molar-refractivity contribution in [2.24, 2.45) is 0 Å². The van der Waals surface area contributed by atoms with Crippen LogP contribution >= 0.6 is 23.8 Å². The molecule has 2 aromatic rings. The molecule has 0 radical (unpaired) electrons. The van der Waals surface area contributed by atoms with Gasteiger partial charge in [0.2, 0.25) is 0 Å². The van der Waals surface area contributed by atoms with E-state index in [9.17, 15) is 4.79 Å². The average Bonchev–Trinajstić information content (AvgIpc) is 2.78. The second kappa shape index (κ2) is 7.63. The summed E-state index contributed by atoms with van der Waals surface area (Å²) in [7, 11) is 0. The third-order valence-corrected chi connectivity index (χ3v) is 3.88. The summed E-state index contributed by atoms with van der Waals surface area (Å²) in [6.45, 7) is 7.80. The normalized spacial score (nSPS) is 10.4. The minimum Gasteiger partial charge on any atom is -0.330 e. The van der Waals surface area contributed by atoms with Gasteiger partial charge < -0.3 is 5.32 Å². The maximum absolute atomic E-state index is 12.0. The molecule has 0 saturated heterocycles. The Bertz CT molecular complexity index is 764. The zero-order valence-electron chi connectivity index (χ0n) is 14.0. The van der Waals surface area contributed by atoms with E-state index < -0.39 is 0 Å². The molecular formula is C16H20ClN5OS. The minimum atomic E-state index is -0.253. The first kappa shape index (κ1) is 18.2. The number of hydrogen-bond donors (Lipinski definition) is 3. The van der Waals surface area contributed by atoms with Crippen molar-refractivity contribution in [2.45, 2.75) is 34.2 Å². The standard InChI is InChI=1S/C16H20ClN5OS/c1-9-5-10(2)15(13(17)6-9)18-16(24)20-19-14(23)8-22-12(4)7-11(3)21-22/h5-7H,8H2,1-4H3,(H,19,23)(H2,18,20,24). The van der Waals surface area contributed by atoms with Crippen molar-refractivity contribution in [2.75, 3.05) is 5.32 Å². The highest BCUT2D eigenvalue weighted by atomic mass is 35.5. The Hall–Kier alpha value is -2.12. The van der Waals surface area contributed by atoms with Crippen LogP contribution in [0.3, 0.4) is 0 Å². The molecule has 3 N–H and O–H groups in total. The smallest absolute Gasteiger partial charge is 0.260 e. The number of halogens is 1. The van der Waals surface area contributed by atoms with E-state index in [0.29, 0.717) is 10.7 Å². The highest BCUT2D eigenvalue weighted by Gasteiger charge is 2.09. The summed E-state index contributed by atoms with van der Waals surface area (Å²) >= 11 is 11.4. The summed E-state index contributed by atoms with van der Waals surface area (Å²) in [4.78, 5) is 12.0. The largest absolute Gasteiger partial charge is 0.330 e. The quantitative estimate of drug-likeness (QED) is 0.576. The van der Waals surface area contributed by atoms with Gasteiger partial charge in [0.05, 0.1) is 16.4 Å². The molecule has 0 spiro atoms. The molecule has 24 heavy (non-hydrogen) atoms. The van der Waals surface area contributed by atoms with Crippen LogP contribution in [-0.2, 0) is 11.3 Å². The molecule has 2 rings (SSSR count). The molecule has 0 saturated carbocycles. The van der Waals surface area contributed by atoms with E-state index in [2.05, 4.69) is 21.3 Å². The van der Waals surface area contributed by atoms with Gasteiger partial charge in [0.1, 0.15) is 6.54 Å². The Labute approximate surface area is 151 Å². The second-order valence-electron chi connectivity index (χ2n) is 5.65. The number of carbonyl (C=O) groups is 1. The zero-order chi connectivity index (χ0) is 17.9. The maximum atomic E-state index is 12.0. The summed E-state index contributed by atoms with van der Waals surface area (Å²) < 4.78 is 1.63. The fourth-order valence-electron chi connectivity index (χ4n) is 2.36. The number of benzene rings is 1. The van der Waals surface area contributed by atoms with Gasteiger partial charge in [0, 0.05) is 5.69 Å². The van der Waals surface area contributed by atoms with Gasteiger partial charge in [-0.1, -0.05) is 17.7 Å². The molecule has 6 nitrogen and oxygen atoms in total. The molecule has 0 atom stereocenters. The number of hydrazine groups is 1. The van der Waals surface area contributed by atoms with E-state index in [1.165, 1.54) is 0 Å². The molecule has 0 bridgehead atoms. The molecule has 0 aliphatic carbocycles. The summed E-state index contributed by atoms with van der Waals surface area (Å²) in [5.74, 6) is -0.253. The first-order valence-electron chi connectivity index (χ1n) is 7.40. The van der Waals surface area contributed by atoms with Crippen LogP contribution in [0.1, 0.15) is 22.5 Å². The molecule has 0 fully saturated rings. The predicted octanol–water partition coefficient (Wildman–Crippen LogP) is 2.79. The Morgan fingerprint density at radius 1 is 1.21 bits per heavy atom. The van der Waals surface area contributed by atoms with Crippen molar-refractivity contribution in [3.63, 3.8) is 0 Å². The lowest BCUT2D eigenvalue weighted by atomic mass is 10.1. The highest BCUT2D eigenvalue weighted by Crippen LogP contribution is 2.27. The van der Waals surface area contributed by atoms with Crippen LogP contribution < -0.4 is 16.2 Å². The molecule has 128 valence electrons. The van der Waals surface area contributed by atoms with E-state index in [1.54, 1.807) is 4.68 Å². The third-order valence-electron chi connectivity index (χ3n) is 3.38. The van der Waals surface area contributed by atoms with Crippen molar-refractivity contribution < 1.29 is 4.79 Å². The number of amides is 1. The van der Waals surface area contributed by atoms with Gasteiger partial charge in [0.25, 0.3) is 5.91 Å². The van der Waals surface area contributed by atoms with Crippen LogP contribution in [0, 0.1) is 27.7 Å². The topological polar surface area (TPSA) is 71.0 Å². The molecule has 1 aromatic heterocycles. The van der Waals surface area contributed by atoms with Crippen LogP contribution in [0.2, 0.25) is 5.02 Å². The van der Waals surface area contributed by atoms with Crippen molar-refractivity contribution in [1.82, 2.24) is 20.6 Å². The van der Waals surface area contributed by atoms with Gasteiger partial charge in [-0.3, -0.25) is 20.3 Å². The number of rotatable bonds is 3. The van der Waals surface area contributed by atoms with Gasteiger partial charge in [0.15, 0.2) is 5.11 Å². The number of aromatic nitrogens is 2. The Morgan fingerprint density at radius 3 is 2.50 bits per heavy atom. The number of carbonyl (C=O) groups excluding carboxylic acids is 1. The van der Waals surface area contributed by atoms with Crippen LogP contribution in [0.4, 0.5) is 5.69 Å². The molecule has 0 aliphatic rings. The van der Waals surface area contributed by atoms with E-state index in [1.807, 2.05) is 45.9 Å². The second-order valence-corrected chi connectivity index (χ2v) is 6.47. The first-order chi connectivity index (χ1) is 11.3. The van der Waals surface area contributed by atoms with Crippen molar-refractivity contribution in [3.8, 4) is 0 Å². The van der Waals surface area contributed by atoms with Crippen LogP contribution in [-0.4, -0.2) is 20.8 Å². The molecule has 1 aromatic carbocycles. The number of aryl methyl sites for hydroxylation is 4.